The summed E-state index contributed by atoms with van der Waals surface area (Å²) in [6.45, 7) is 4.65. The number of piperazine rings is 1. The zero-order valence-electron chi connectivity index (χ0n) is 11.5. The molecular weight excluding hydrogens is 242 g/mol. The molecule has 1 unspecified atom stereocenters. The van der Waals surface area contributed by atoms with Gasteiger partial charge in [-0.05, 0) is 12.1 Å². The number of benzene rings is 1. The first-order valence-corrected chi connectivity index (χ1v) is 6.71. The quantitative estimate of drug-likeness (QED) is 0.793. The summed E-state index contributed by atoms with van der Waals surface area (Å²) in [4.78, 5) is 4.63. The van der Waals surface area contributed by atoms with E-state index in [4.69, 9.17) is 15.6 Å². The fraction of sp³-hybridized carbons (Fsp3) is 0.571. The van der Waals surface area contributed by atoms with Gasteiger partial charge < -0.3 is 20.5 Å². The number of hydrogen-bond donors (Lipinski definition) is 2. The molecule has 1 heterocycles. The second-order valence-corrected chi connectivity index (χ2v) is 4.90. The maximum Gasteiger partial charge on any atom is 0.142 e. The first-order valence-electron chi connectivity index (χ1n) is 6.71. The van der Waals surface area contributed by atoms with Gasteiger partial charge in [0.05, 0.1) is 19.4 Å². The van der Waals surface area contributed by atoms with E-state index in [0.717, 1.165) is 44.2 Å². The highest BCUT2D eigenvalue weighted by molar-refractivity contribution is 5.58. The monoisotopic (exact) mass is 265 g/mol. The molecule has 1 aliphatic rings. The van der Waals surface area contributed by atoms with Gasteiger partial charge >= 0.3 is 0 Å². The van der Waals surface area contributed by atoms with E-state index in [1.165, 1.54) is 0 Å². The molecule has 2 rings (SSSR count). The number of rotatable bonds is 5. The van der Waals surface area contributed by atoms with Crippen molar-refractivity contribution in [2.24, 2.45) is 5.73 Å². The summed E-state index contributed by atoms with van der Waals surface area (Å²) in [5, 5.41) is 8.99. The number of para-hydroxylation sites is 2. The molecule has 1 fully saturated rings. The molecule has 1 saturated heterocycles. The molecule has 1 aliphatic heterocycles. The molecule has 0 aromatic heterocycles. The van der Waals surface area contributed by atoms with Crippen LogP contribution in [0.5, 0.6) is 5.75 Å². The summed E-state index contributed by atoms with van der Waals surface area (Å²) in [6, 6.07) is 7.96. The SMILES string of the molecule is COc1ccccc1N1CCN(CC(N)CO)CC1. The number of hydrogen-bond acceptors (Lipinski definition) is 5. The van der Waals surface area contributed by atoms with Crippen molar-refractivity contribution in [3.05, 3.63) is 24.3 Å². The summed E-state index contributed by atoms with van der Waals surface area (Å²) < 4.78 is 5.40. The van der Waals surface area contributed by atoms with Gasteiger partial charge in [-0.25, -0.2) is 0 Å². The number of methoxy groups -OCH3 is 1. The lowest BCUT2D eigenvalue weighted by molar-refractivity contribution is 0.194. The van der Waals surface area contributed by atoms with Crippen LogP contribution < -0.4 is 15.4 Å². The molecular formula is C14H23N3O2. The fourth-order valence-electron chi connectivity index (χ4n) is 2.45. The molecule has 0 amide bonds. The van der Waals surface area contributed by atoms with Crippen LogP contribution >= 0.6 is 0 Å². The third-order valence-corrected chi connectivity index (χ3v) is 3.53. The Hall–Kier alpha value is -1.30. The summed E-state index contributed by atoms with van der Waals surface area (Å²) in [5.41, 5.74) is 6.92. The van der Waals surface area contributed by atoms with Crippen LogP contribution in [0.1, 0.15) is 0 Å². The largest absolute Gasteiger partial charge is 0.495 e. The maximum absolute atomic E-state index is 8.99. The van der Waals surface area contributed by atoms with Gasteiger partial charge in [0.1, 0.15) is 5.75 Å². The molecule has 0 bridgehead atoms. The van der Waals surface area contributed by atoms with Crippen LogP contribution in [0, 0.1) is 0 Å². The van der Waals surface area contributed by atoms with Gasteiger partial charge in [-0.2, -0.15) is 0 Å². The standard InChI is InChI=1S/C14H23N3O2/c1-19-14-5-3-2-4-13(14)17-8-6-16(7-9-17)10-12(15)11-18/h2-5,12,18H,6-11,15H2,1H3. The Labute approximate surface area is 114 Å². The van der Waals surface area contributed by atoms with Gasteiger partial charge in [0.15, 0.2) is 0 Å². The Morgan fingerprint density at radius 3 is 2.58 bits per heavy atom. The first kappa shape index (κ1) is 14.1. The number of anilines is 1. The smallest absolute Gasteiger partial charge is 0.142 e. The number of ether oxygens (including phenoxy) is 1. The van der Waals surface area contributed by atoms with E-state index in [0.29, 0.717) is 0 Å². The number of nitrogens with two attached hydrogens (primary N) is 1. The van der Waals surface area contributed by atoms with Gasteiger partial charge in [0.25, 0.3) is 0 Å². The minimum atomic E-state index is -0.141. The fourth-order valence-corrected chi connectivity index (χ4v) is 2.45. The molecule has 19 heavy (non-hydrogen) atoms. The van der Waals surface area contributed by atoms with Crippen LogP contribution in [0.15, 0.2) is 24.3 Å². The van der Waals surface area contributed by atoms with Crippen molar-refractivity contribution in [2.45, 2.75) is 6.04 Å². The predicted molar refractivity (Wildman–Crippen MR) is 76.7 cm³/mol. The summed E-state index contributed by atoms with van der Waals surface area (Å²) in [5.74, 6) is 0.919. The van der Waals surface area contributed by atoms with Crippen LogP contribution in [-0.4, -0.2) is 62.5 Å². The van der Waals surface area contributed by atoms with Gasteiger partial charge in [-0.1, -0.05) is 12.1 Å². The van der Waals surface area contributed by atoms with E-state index in [-0.39, 0.29) is 12.6 Å². The number of aliphatic hydroxyl groups is 1. The predicted octanol–water partition coefficient (Wildman–Crippen LogP) is 0.137. The average Bonchev–Trinajstić information content (AvgIpc) is 2.48. The third-order valence-electron chi connectivity index (χ3n) is 3.53. The van der Waals surface area contributed by atoms with Crippen LogP contribution in [0.4, 0.5) is 5.69 Å². The highest BCUT2D eigenvalue weighted by atomic mass is 16.5. The first-order chi connectivity index (χ1) is 9.24. The average molecular weight is 265 g/mol. The molecule has 3 N–H and O–H groups in total. The van der Waals surface area contributed by atoms with Crippen molar-refractivity contribution >= 4 is 5.69 Å². The Bertz CT molecular complexity index is 392. The van der Waals surface area contributed by atoms with Crippen molar-refractivity contribution in [3.63, 3.8) is 0 Å². The van der Waals surface area contributed by atoms with Crippen LogP contribution in [0.25, 0.3) is 0 Å². The van der Waals surface area contributed by atoms with E-state index in [1.54, 1.807) is 7.11 Å². The highest BCUT2D eigenvalue weighted by Gasteiger charge is 2.20. The highest BCUT2D eigenvalue weighted by Crippen LogP contribution is 2.28. The second kappa shape index (κ2) is 6.75. The summed E-state index contributed by atoms with van der Waals surface area (Å²) >= 11 is 0. The molecule has 106 valence electrons. The molecule has 1 aromatic rings. The van der Waals surface area contributed by atoms with E-state index >= 15 is 0 Å². The zero-order valence-corrected chi connectivity index (χ0v) is 11.5. The van der Waals surface area contributed by atoms with E-state index in [1.807, 2.05) is 18.2 Å². The summed E-state index contributed by atoms with van der Waals surface area (Å²) in [7, 11) is 1.70. The second-order valence-electron chi connectivity index (χ2n) is 4.90. The van der Waals surface area contributed by atoms with Gasteiger partial charge in [-0.15, -0.1) is 0 Å². The normalized spacial score (nSPS) is 18.4. The zero-order chi connectivity index (χ0) is 13.7. The van der Waals surface area contributed by atoms with Crippen molar-refractivity contribution in [2.75, 3.05) is 51.3 Å². The molecule has 0 spiro atoms. The Morgan fingerprint density at radius 1 is 1.26 bits per heavy atom. The minimum absolute atomic E-state index is 0.0483. The van der Waals surface area contributed by atoms with Gasteiger partial charge in [0, 0.05) is 38.8 Å². The lowest BCUT2D eigenvalue weighted by Gasteiger charge is -2.37. The van der Waals surface area contributed by atoms with Crippen molar-refractivity contribution in [3.8, 4) is 5.75 Å². The lowest BCUT2D eigenvalue weighted by Crippen LogP contribution is -2.50. The van der Waals surface area contributed by atoms with Crippen molar-refractivity contribution in [1.29, 1.82) is 0 Å². The van der Waals surface area contributed by atoms with Crippen LogP contribution in [0.2, 0.25) is 0 Å². The minimum Gasteiger partial charge on any atom is -0.495 e. The topological polar surface area (TPSA) is 62.0 Å². The Kier molecular flexibility index (Phi) is 5.01. The molecule has 1 aromatic carbocycles. The number of aliphatic hydroxyl groups excluding tert-OH is 1. The Morgan fingerprint density at radius 2 is 1.95 bits per heavy atom. The van der Waals surface area contributed by atoms with Crippen molar-refractivity contribution in [1.82, 2.24) is 4.90 Å². The summed E-state index contributed by atoms with van der Waals surface area (Å²) in [6.07, 6.45) is 0. The van der Waals surface area contributed by atoms with Gasteiger partial charge in [-0.3, -0.25) is 4.90 Å². The van der Waals surface area contributed by atoms with E-state index in [2.05, 4.69) is 15.9 Å². The molecule has 1 atom stereocenters. The molecule has 0 saturated carbocycles. The molecule has 0 radical (unpaired) electrons. The van der Waals surface area contributed by atoms with Gasteiger partial charge in [0.2, 0.25) is 0 Å². The van der Waals surface area contributed by atoms with E-state index in [9.17, 15) is 0 Å². The van der Waals surface area contributed by atoms with E-state index < -0.39 is 0 Å². The lowest BCUT2D eigenvalue weighted by atomic mass is 10.2. The molecule has 5 nitrogen and oxygen atoms in total. The maximum atomic E-state index is 8.99. The van der Waals surface area contributed by atoms with Crippen LogP contribution in [0.3, 0.4) is 0 Å². The van der Waals surface area contributed by atoms with Crippen LogP contribution in [-0.2, 0) is 0 Å². The third kappa shape index (κ3) is 3.59. The molecule has 5 heteroatoms. The Balaban J connectivity index is 1.92. The number of nitrogens with zero attached hydrogens (tertiary/aromatic N) is 2. The molecule has 0 aliphatic carbocycles. The van der Waals surface area contributed by atoms with Crippen molar-refractivity contribution < 1.29 is 9.84 Å².